The highest BCUT2D eigenvalue weighted by molar-refractivity contribution is 5.90. The van der Waals surface area contributed by atoms with Crippen molar-refractivity contribution in [2.45, 2.75) is 32.6 Å². The SMILES string of the molecule is CC(C)CC(C)(c1ccc(O)cc1)c1ccc(OC(=O)c2ccccc2)cc1. The van der Waals surface area contributed by atoms with Crippen molar-refractivity contribution in [3.8, 4) is 11.5 Å². The van der Waals surface area contributed by atoms with Gasteiger partial charge >= 0.3 is 5.97 Å². The Labute approximate surface area is 166 Å². The van der Waals surface area contributed by atoms with E-state index in [0.29, 0.717) is 17.2 Å². The van der Waals surface area contributed by atoms with Crippen molar-refractivity contribution in [2.75, 3.05) is 0 Å². The largest absolute Gasteiger partial charge is 0.508 e. The fourth-order valence-electron chi connectivity index (χ4n) is 3.68. The molecule has 0 aliphatic carbocycles. The number of aromatic hydroxyl groups is 1. The van der Waals surface area contributed by atoms with Gasteiger partial charge in [0.15, 0.2) is 0 Å². The van der Waals surface area contributed by atoms with E-state index in [4.69, 9.17) is 4.74 Å². The number of carbonyl (C=O) groups is 1. The Morgan fingerprint density at radius 2 is 1.43 bits per heavy atom. The summed E-state index contributed by atoms with van der Waals surface area (Å²) in [5.41, 5.74) is 2.61. The smallest absolute Gasteiger partial charge is 0.343 e. The molecule has 0 aliphatic rings. The molecule has 1 atom stereocenters. The first-order valence-corrected chi connectivity index (χ1v) is 9.56. The molecule has 0 heterocycles. The van der Waals surface area contributed by atoms with Crippen LogP contribution in [-0.4, -0.2) is 11.1 Å². The van der Waals surface area contributed by atoms with Crippen molar-refractivity contribution in [2.24, 2.45) is 5.92 Å². The number of benzene rings is 3. The van der Waals surface area contributed by atoms with Crippen LogP contribution in [0.4, 0.5) is 0 Å². The van der Waals surface area contributed by atoms with Gasteiger partial charge in [0, 0.05) is 5.41 Å². The number of ether oxygens (including phenoxy) is 1. The number of esters is 1. The molecular formula is C25H26O3. The van der Waals surface area contributed by atoms with E-state index in [1.165, 1.54) is 0 Å². The first kappa shape index (κ1) is 19.7. The van der Waals surface area contributed by atoms with Gasteiger partial charge in [-0.3, -0.25) is 0 Å². The number of rotatable bonds is 6. The molecule has 0 saturated heterocycles. The Bertz CT molecular complexity index is 912. The minimum Gasteiger partial charge on any atom is -0.508 e. The van der Waals surface area contributed by atoms with Crippen LogP contribution in [0.3, 0.4) is 0 Å². The molecule has 0 aliphatic heterocycles. The summed E-state index contributed by atoms with van der Waals surface area (Å²) < 4.78 is 5.50. The normalized spacial score (nSPS) is 13.1. The van der Waals surface area contributed by atoms with Gasteiger partial charge < -0.3 is 9.84 Å². The van der Waals surface area contributed by atoms with Gasteiger partial charge in [0.25, 0.3) is 0 Å². The lowest BCUT2D eigenvalue weighted by molar-refractivity contribution is 0.0734. The van der Waals surface area contributed by atoms with E-state index in [1.807, 2.05) is 54.6 Å². The molecule has 0 bridgehead atoms. The topological polar surface area (TPSA) is 46.5 Å². The number of phenolic OH excluding ortho intramolecular Hbond substituents is 1. The van der Waals surface area contributed by atoms with Gasteiger partial charge in [-0.25, -0.2) is 4.79 Å². The lowest BCUT2D eigenvalue weighted by Gasteiger charge is -2.33. The predicted molar refractivity (Wildman–Crippen MR) is 112 cm³/mol. The summed E-state index contributed by atoms with van der Waals surface area (Å²) in [6.45, 7) is 6.62. The molecule has 144 valence electrons. The maximum absolute atomic E-state index is 12.2. The van der Waals surface area contributed by atoms with Crippen LogP contribution in [0.25, 0.3) is 0 Å². The molecule has 0 spiro atoms. The molecule has 0 saturated carbocycles. The summed E-state index contributed by atoms with van der Waals surface area (Å²) in [5, 5.41) is 9.64. The van der Waals surface area contributed by atoms with E-state index < -0.39 is 0 Å². The average molecular weight is 374 g/mol. The van der Waals surface area contributed by atoms with Crippen molar-refractivity contribution in [3.05, 3.63) is 95.6 Å². The van der Waals surface area contributed by atoms with Crippen LogP contribution in [0, 0.1) is 5.92 Å². The molecule has 28 heavy (non-hydrogen) atoms. The summed E-state index contributed by atoms with van der Waals surface area (Å²) in [6, 6.07) is 24.1. The highest BCUT2D eigenvalue weighted by atomic mass is 16.5. The zero-order chi connectivity index (χ0) is 20.1. The van der Waals surface area contributed by atoms with E-state index in [2.05, 4.69) is 20.8 Å². The monoisotopic (exact) mass is 374 g/mol. The molecule has 3 nitrogen and oxygen atoms in total. The number of carbonyl (C=O) groups excluding carboxylic acids is 1. The Morgan fingerprint density at radius 3 is 1.96 bits per heavy atom. The first-order valence-electron chi connectivity index (χ1n) is 9.56. The molecular weight excluding hydrogens is 348 g/mol. The third kappa shape index (κ3) is 4.42. The van der Waals surface area contributed by atoms with Crippen molar-refractivity contribution in [3.63, 3.8) is 0 Å². The van der Waals surface area contributed by atoms with E-state index in [9.17, 15) is 9.90 Å². The number of hydrogen-bond donors (Lipinski definition) is 1. The fourth-order valence-corrected chi connectivity index (χ4v) is 3.68. The van der Waals surface area contributed by atoms with Crippen LogP contribution in [0.1, 0.15) is 48.7 Å². The Hall–Kier alpha value is -3.07. The van der Waals surface area contributed by atoms with Crippen LogP contribution in [-0.2, 0) is 5.41 Å². The molecule has 0 aromatic heterocycles. The van der Waals surface area contributed by atoms with E-state index in [-0.39, 0.29) is 17.1 Å². The summed E-state index contributed by atoms with van der Waals surface area (Å²) >= 11 is 0. The standard InChI is InChI=1S/C25H26O3/c1-18(2)17-25(3,20-9-13-22(26)14-10-20)21-11-15-23(16-12-21)28-24(27)19-7-5-4-6-8-19/h4-16,18,26H,17H2,1-3H3. The average Bonchev–Trinajstić information content (AvgIpc) is 2.69. The minimum atomic E-state index is -0.364. The highest BCUT2D eigenvalue weighted by Gasteiger charge is 2.30. The van der Waals surface area contributed by atoms with Crippen molar-refractivity contribution in [1.29, 1.82) is 0 Å². The van der Waals surface area contributed by atoms with Gasteiger partial charge in [-0.05, 0) is 59.9 Å². The van der Waals surface area contributed by atoms with Crippen molar-refractivity contribution >= 4 is 5.97 Å². The lowest BCUT2D eigenvalue weighted by atomic mass is 9.71. The zero-order valence-corrected chi connectivity index (χ0v) is 16.6. The van der Waals surface area contributed by atoms with Crippen LogP contribution in [0.5, 0.6) is 11.5 Å². The molecule has 0 radical (unpaired) electrons. The second kappa shape index (κ2) is 8.30. The van der Waals surface area contributed by atoms with Gasteiger partial charge in [0.05, 0.1) is 5.56 Å². The second-order valence-electron chi connectivity index (χ2n) is 7.76. The number of phenols is 1. The Kier molecular flexibility index (Phi) is 5.84. The fraction of sp³-hybridized carbons (Fsp3) is 0.240. The van der Waals surface area contributed by atoms with Crippen LogP contribution in [0.15, 0.2) is 78.9 Å². The summed E-state index contributed by atoms with van der Waals surface area (Å²) in [7, 11) is 0. The van der Waals surface area contributed by atoms with Crippen molar-refractivity contribution < 1.29 is 14.6 Å². The van der Waals surface area contributed by atoms with Gasteiger partial charge in [-0.15, -0.1) is 0 Å². The quantitative estimate of drug-likeness (QED) is 0.427. The van der Waals surface area contributed by atoms with E-state index >= 15 is 0 Å². The number of hydrogen-bond acceptors (Lipinski definition) is 3. The van der Waals surface area contributed by atoms with Crippen LogP contribution >= 0.6 is 0 Å². The van der Waals surface area contributed by atoms with E-state index in [0.717, 1.165) is 17.5 Å². The van der Waals surface area contributed by atoms with Crippen LogP contribution in [0.2, 0.25) is 0 Å². The highest BCUT2D eigenvalue weighted by Crippen LogP contribution is 2.39. The maximum Gasteiger partial charge on any atom is 0.343 e. The minimum absolute atomic E-state index is 0.205. The summed E-state index contributed by atoms with van der Waals surface area (Å²) in [6.07, 6.45) is 0.959. The molecule has 3 aromatic carbocycles. The molecule has 1 unspecified atom stereocenters. The molecule has 3 rings (SSSR count). The van der Waals surface area contributed by atoms with E-state index in [1.54, 1.807) is 24.3 Å². The summed E-state index contributed by atoms with van der Waals surface area (Å²) in [4.78, 5) is 12.2. The molecule has 3 heteroatoms. The van der Waals surface area contributed by atoms with Gasteiger partial charge in [0.1, 0.15) is 11.5 Å². The Morgan fingerprint density at radius 1 is 0.893 bits per heavy atom. The molecule has 0 fully saturated rings. The third-order valence-electron chi connectivity index (χ3n) is 5.03. The lowest BCUT2D eigenvalue weighted by Crippen LogP contribution is -2.25. The molecule has 0 amide bonds. The Balaban J connectivity index is 1.86. The second-order valence-corrected chi connectivity index (χ2v) is 7.76. The third-order valence-corrected chi connectivity index (χ3v) is 5.03. The predicted octanol–water partition coefficient (Wildman–Crippen LogP) is 5.96. The molecule has 1 N–H and O–H groups in total. The van der Waals surface area contributed by atoms with Gasteiger partial charge in [-0.1, -0.05) is 63.2 Å². The van der Waals surface area contributed by atoms with Gasteiger partial charge in [-0.2, -0.15) is 0 Å². The zero-order valence-electron chi connectivity index (χ0n) is 16.6. The maximum atomic E-state index is 12.2. The van der Waals surface area contributed by atoms with Gasteiger partial charge in [0.2, 0.25) is 0 Å². The summed E-state index contributed by atoms with van der Waals surface area (Å²) in [5.74, 6) is 0.917. The molecule has 3 aromatic rings. The van der Waals surface area contributed by atoms with Crippen LogP contribution < -0.4 is 4.74 Å². The van der Waals surface area contributed by atoms with Crippen molar-refractivity contribution in [1.82, 2.24) is 0 Å². The first-order chi connectivity index (χ1) is 13.4.